The molecule has 4 heteroatoms. The first-order chi connectivity index (χ1) is 34.7. The van der Waals surface area contributed by atoms with Crippen LogP contribution in [0, 0.1) is 0 Å². The van der Waals surface area contributed by atoms with Crippen LogP contribution in [0.2, 0.25) is 0 Å². The van der Waals surface area contributed by atoms with E-state index in [2.05, 4.69) is 263 Å². The second kappa shape index (κ2) is 16.2. The van der Waals surface area contributed by atoms with Crippen molar-refractivity contribution in [3.63, 3.8) is 0 Å². The minimum absolute atomic E-state index is 0.895. The summed E-state index contributed by atoms with van der Waals surface area (Å²) in [7, 11) is 0. The zero-order valence-corrected chi connectivity index (χ0v) is 38.1. The molecule has 4 nitrogen and oxygen atoms in total. The lowest BCUT2D eigenvalue weighted by Gasteiger charge is -2.26. The zero-order chi connectivity index (χ0) is 46.1. The number of fused-ring (bicyclic) bond motifs is 9. The van der Waals surface area contributed by atoms with Crippen LogP contribution in [0.4, 0.5) is 17.1 Å². The van der Waals surface area contributed by atoms with E-state index in [1.807, 2.05) is 12.1 Å². The quantitative estimate of drug-likeness (QED) is 0.152. The van der Waals surface area contributed by atoms with Gasteiger partial charge >= 0.3 is 0 Å². The van der Waals surface area contributed by atoms with E-state index in [9.17, 15) is 0 Å². The zero-order valence-electron chi connectivity index (χ0n) is 38.1. The van der Waals surface area contributed by atoms with Gasteiger partial charge in [0.15, 0.2) is 0 Å². The molecule has 328 valence electrons. The molecule has 0 spiro atoms. The molecule has 0 N–H and O–H groups in total. The Morgan fingerprint density at radius 3 is 1.17 bits per heavy atom. The van der Waals surface area contributed by atoms with Crippen molar-refractivity contribution in [2.45, 2.75) is 0 Å². The van der Waals surface area contributed by atoms with Gasteiger partial charge in [-0.15, -0.1) is 0 Å². The van der Waals surface area contributed by atoms with E-state index < -0.39 is 0 Å². The molecular weight excluding hydrogens is 851 g/mol. The summed E-state index contributed by atoms with van der Waals surface area (Å²) in [6.07, 6.45) is 0. The van der Waals surface area contributed by atoms with Gasteiger partial charge in [-0.1, -0.05) is 152 Å². The maximum Gasteiger partial charge on any atom is 0.136 e. The average molecular weight is 894 g/mol. The van der Waals surface area contributed by atoms with Crippen LogP contribution in [0.5, 0.6) is 0 Å². The van der Waals surface area contributed by atoms with E-state index in [0.29, 0.717) is 0 Å². The van der Waals surface area contributed by atoms with Crippen molar-refractivity contribution < 1.29 is 4.42 Å². The lowest BCUT2D eigenvalue weighted by Crippen LogP contribution is -2.09. The predicted molar refractivity (Wildman–Crippen MR) is 293 cm³/mol. The molecule has 0 fully saturated rings. The minimum atomic E-state index is 0.895. The third-order valence-corrected chi connectivity index (χ3v) is 14.1. The van der Waals surface area contributed by atoms with Gasteiger partial charge in [-0.25, -0.2) is 0 Å². The van der Waals surface area contributed by atoms with Crippen LogP contribution in [-0.4, -0.2) is 9.13 Å². The van der Waals surface area contributed by atoms with Crippen LogP contribution in [0.25, 0.3) is 110 Å². The van der Waals surface area contributed by atoms with Crippen LogP contribution in [0.3, 0.4) is 0 Å². The SMILES string of the molecule is c1ccc(-n2c3ccccc3c3cc(-c4ccc(N(c5ccc(-c6ccc(-n7c8ccccc8c8ccccc87)cc6)cc5)c5ccc(-c6ccc7c(c6)oc6ccccc67)cc5)cc4)ccc32)cc1. The molecular formula is C66H43N3O. The van der Waals surface area contributed by atoms with Crippen molar-refractivity contribution in [2.75, 3.05) is 4.90 Å². The smallest absolute Gasteiger partial charge is 0.136 e. The molecule has 3 heterocycles. The standard InChI is InChI=1S/C66H43N3O/c1-2-12-50(13-3-1)68-63-20-10-6-16-57(63)60-42-48(31-41-64(60)68)46-26-34-52(35-27-46)67(53-36-28-47(29-37-53)49-30-40-59-58-17-7-11-21-65(58)70-66(59)43-49)51-32-22-44(23-33-51)45-24-38-54(39-25-45)69-61-18-8-4-14-55(61)56-15-5-9-19-62(56)69/h1-43H. The predicted octanol–water partition coefficient (Wildman–Crippen LogP) is 18.3. The summed E-state index contributed by atoms with van der Waals surface area (Å²) in [6.45, 7) is 0. The van der Waals surface area contributed by atoms with Gasteiger partial charge in [0.2, 0.25) is 0 Å². The van der Waals surface area contributed by atoms with E-state index in [0.717, 1.165) is 72.6 Å². The molecule has 0 amide bonds. The molecule has 0 aliphatic rings. The Kier molecular flexibility index (Phi) is 9.17. The third-order valence-electron chi connectivity index (χ3n) is 14.1. The summed E-state index contributed by atoms with van der Waals surface area (Å²) in [4.78, 5) is 2.35. The number of rotatable bonds is 8. The van der Waals surface area contributed by atoms with Gasteiger partial charge in [0, 0.05) is 60.8 Å². The highest BCUT2D eigenvalue weighted by atomic mass is 16.3. The minimum Gasteiger partial charge on any atom is -0.456 e. The van der Waals surface area contributed by atoms with E-state index in [1.54, 1.807) is 0 Å². The van der Waals surface area contributed by atoms with Crippen molar-refractivity contribution in [3.05, 3.63) is 261 Å². The Bertz CT molecular complexity index is 4200. The number of nitrogens with zero attached hydrogens (tertiary/aromatic N) is 3. The van der Waals surface area contributed by atoms with Crippen LogP contribution < -0.4 is 4.90 Å². The fourth-order valence-electron chi connectivity index (χ4n) is 10.8. The third kappa shape index (κ3) is 6.53. The number of anilines is 3. The van der Waals surface area contributed by atoms with Gasteiger partial charge in [-0.2, -0.15) is 0 Å². The molecule has 0 bridgehead atoms. The summed E-state index contributed by atoms with van der Waals surface area (Å²) >= 11 is 0. The Morgan fingerprint density at radius 2 is 0.614 bits per heavy atom. The average Bonchev–Trinajstić information content (AvgIpc) is 4.09. The van der Waals surface area contributed by atoms with Gasteiger partial charge in [0.25, 0.3) is 0 Å². The van der Waals surface area contributed by atoms with E-state index >= 15 is 0 Å². The largest absolute Gasteiger partial charge is 0.456 e. The highest BCUT2D eigenvalue weighted by Crippen LogP contribution is 2.41. The fourth-order valence-corrected chi connectivity index (χ4v) is 10.8. The Labute approximate surface area is 404 Å². The van der Waals surface area contributed by atoms with Crippen molar-refractivity contribution in [1.29, 1.82) is 0 Å². The molecule has 14 aromatic rings. The van der Waals surface area contributed by atoms with Crippen molar-refractivity contribution in [1.82, 2.24) is 9.13 Å². The van der Waals surface area contributed by atoms with E-state index in [1.165, 1.54) is 54.7 Å². The summed E-state index contributed by atoms with van der Waals surface area (Å²) in [5.41, 5.74) is 19.1. The van der Waals surface area contributed by atoms with Crippen LogP contribution in [-0.2, 0) is 0 Å². The second-order valence-electron chi connectivity index (χ2n) is 18.1. The number of benzene rings is 11. The molecule has 11 aromatic carbocycles. The summed E-state index contributed by atoms with van der Waals surface area (Å²) in [6, 6.07) is 94.1. The molecule has 0 saturated heterocycles. The van der Waals surface area contributed by atoms with Crippen molar-refractivity contribution in [3.8, 4) is 44.8 Å². The highest BCUT2D eigenvalue weighted by Gasteiger charge is 2.18. The molecule has 70 heavy (non-hydrogen) atoms. The Balaban J connectivity index is 0.819. The molecule has 0 radical (unpaired) electrons. The highest BCUT2D eigenvalue weighted by molar-refractivity contribution is 6.11. The van der Waals surface area contributed by atoms with Crippen LogP contribution in [0.15, 0.2) is 265 Å². The van der Waals surface area contributed by atoms with Gasteiger partial charge < -0.3 is 18.5 Å². The maximum atomic E-state index is 6.28. The van der Waals surface area contributed by atoms with E-state index in [-0.39, 0.29) is 0 Å². The van der Waals surface area contributed by atoms with Crippen LogP contribution >= 0.6 is 0 Å². The molecule has 0 aliphatic heterocycles. The Hall–Kier alpha value is -9.38. The van der Waals surface area contributed by atoms with Gasteiger partial charge in [0.1, 0.15) is 11.2 Å². The number of para-hydroxylation sites is 5. The molecule has 14 rings (SSSR count). The van der Waals surface area contributed by atoms with E-state index in [4.69, 9.17) is 4.42 Å². The van der Waals surface area contributed by atoms with Crippen molar-refractivity contribution in [2.24, 2.45) is 0 Å². The molecule has 0 unspecified atom stereocenters. The second-order valence-corrected chi connectivity index (χ2v) is 18.1. The van der Waals surface area contributed by atoms with Gasteiger partial charge in [0.05, 0.1) is 22.1 Å². The first-order valence-electron chi connectivity index (χ1n) is 23.9. The monoisotopic (exact) mass is 893 g/mol. The number of furan rings is 1. The summed E-state index contributed by atoms with van der Waals surface area (Å²) in [5, 5.41) is 7.28. The van der Waals surface area contributed by atoms with Crippen LogP contribution in [0.1, 0.15) is 0 Å². The summed E-state index contributed by atoms with van der Waals surface area (Å²) < 4.78 is 11.0. The Morgan fingerprint density at radius 1 is 0.243 bits per heavy atom. The molecule has 3 aromatic heterocycles. The van der Waals surface area contributed by atoms with Crippen molar-refractivity contribution >= 4 is 82.6 Å². The first-order valence-corrected chi connectivity index (χ1v) is 23.9. The van der Waals surface area contributed by atoms with Gasteiger partial charge in [-0.3, -0.25) is 0 Å². The summed E-state index contributed by atoms with van der Waals surface area (Å²) in [5.74, 6) is 0. The fraction of sp³-hybridized carbons (Fsp3) is 0. The number of hydrogen-bond donors (Lipinski definition) is 0. The molecule has 0 saturated carbocycles. The normalized spacial score (nSPS) is 11.7. The first kappa shape index (κ1) is 39.8. The molecule has 0 atom stereocenters. The topological polar surface area (TPSA) is 26.2 Å². The lowest BCUT2D eigenvalue weighted by molar-refractivity contribution is 0.669. The van der Waals surface area contributed by atoms with Gasteiger partial charge in [-0.05, 0) is 143 Å². The number of aromatic nitrogens is 2. The number of hydrogen-bond acceptors (Lipinski definition) is 2. The molecule has 0 aliphatic carbocycles. The lowest BCUT2D eigenvalue weighted by atomic mass is 10.0. The maximum absolute atomic E-state index is 6.28.